The lowest BCUT2D eigenvalue weighted by molar-refractivity contribution is -0.140. The van der Waals surface area contributed by atoms with Gasteiger partial charge in [-0.2, -0.15) is 0 Å². The Hall–Kier alpha value is -1.91. The van der Waals surface area contributed by atoms with E-state index in [1.165, 1.54) is 12.1 Å². The van der Waals surface area contributed by atoms with Gasteiger partial charge in [-0.1, -0.05) is 20.3 Å². The summed E-state index contributed by atoms with van der Waals surface area (Å²) < 4.78 is 13.5. The largest absolute Gasteiger partial charge is 0.480 e. The van der Waals surface area contributed by atoms with Gasteiger partial charge in [0.25, 0.3) is 5.91 Å². The van der Waals surface area contributed by atoms with E-state index >= 15 is 0 Å². The molecule has 0 aromatic heterocycles. The molecule has 5 heteroatoms. The van der Waals surface area contributed by atoms with Gasteiger partial charge in [0.2, 0.25) is 0 Å². The molecule has 2 N–H and O–H groups in total. The van der Waals surface area contributed by atoms with Gasteiger partial charge in [-0.3, -0.25) is 4.79 Å². The van der Waals surface area contributed by atoms with Crippen molar-refractivity contribution in [1.82, 2.24) is 5.32 Å². The SMILES string of the molecule is CC[C@H](C)[C@H](NC(=O)c1cc(C)c(F)c(C)c1)C(=O)O. The molecule has 0 bridgehead atoms. The van der Waals surface area contributed by atoms with E-state index in [4.69, 9.17) is 5.11 Å². The van der Waals surface area contributed by atoms with Crippen molar-refractivity contribution in [2.24, 2.45) is 5.92 Å². The van der Waals surface area contributed by atoms with E-state index in [-0.39, 0.29) is 17.3 Å². The third-order valence-electron chi connectivity index (χ3n) is 3.46. The van der Waals surface area contributed by atoms with Crippen molar-refractivity contribution in [1.29, 1.82) is 0 Å². The number of nitrogens with one attached hydrogen (secondary N) is 1. The van der Waals surface area contributed by atoms with Crippen molar-refractivity contribution in [2.45, 2.75) is 40.2 Å². The van der Waals surface area contributed by atoms with Crippen LogP contribution in [0, 0.1) is 25.6 Å². The number of aliphatic carboxylic acids is 1. The highest BCUT2D eigenvalue weighted by Crippen LogP contribution is 2.16. The Morgan fingerprint density at radius 2 is 1.80 bits per heavy atom. The number of amides is 1. The van der Waals surface area contributed by atoms with Gasteiger partial charge in [0.15, 0.2) is 0 Å². The van der Waals surface area contributed by atoms with E-state index in [0.29, 0.717) is 17.5 Å². The van der Waals surface area contributed by atoms with Crippen molar-refractivity contribution >= 4 is 11.9 Å². The van der Waals surface area contributed by atoms with Gasteiger partial charge < -0.3 is 10.4 Å². The van der Waals surface area contributed by atoms with E-state index in [1.54, 1.807) is 20.8 Å². The molecule has 1 rings (SSSR count). The number of hydrogen-bond donors (Lipinski definition) is 2. The van der Waals surface area contributed by atoms with Crippen LogP contribution in [0.5, 0.6) is 0 Å². The number of hydrogen-bond acceptors (Lipinski definition) is 2. The van der Waals surface area contributed by atoms with Crippen molar-refractivity contribution in [3.05, 3.63) is 34.6 Å². The lowest BCUT2D eigenvalue weighted by atomic mass is 9.98. The number of aryl methyl sites for hydroxylation is 2. The predicted molar refractivity (Wildman–Crippen MR) is 74.2 cm³/mol. The minimum absolute atomic E-state index is 0.181. The molecule has 0 fully saturated rings. The molecular formula is C15H20FNO3. The summed E-state index contributed by atoms with van der Waals surface area (Å²) in [4.78, 5) is 23.3. The Kier molecular flexibility index (Phi) is 5.25. The summed E-state index contributed by atoms with van der Waals surface area (Å²) in [6.45, 7) is 6.77. The molecule has 0 heterocycles. The van der Waals surface area contributed by atoms with Crippen LogP contribution in [0.1, 0.15) is 41.8 Å². The fraction of sp³-hybridized carbons (Fsp3) is 0.467. The highest BCUT2D eigenvalue weighted by atomic mass is 19.1. The molecule has 20 heavy (non-hydrogen) atoms. The molecule has 1 amide bonds. The van der Waals surface area contributed by atoms with Gasteiger partial charge in [-0.05, 0) is 43.0 Å². The minimum atomic E-state index is -1.07. The highest BCUT2D eigenvalue weighted by Gasteiger charge is 2.26. The Balaban J connectivity index is 2.98. The molecule has 0 aliphatic carbocycles. The van der Waals surface area contributed by atoms with Crippen LogP contribution >= 0.6 is 0 Å². The molecule has 0 spiro atoms. The first kappa shape index (κ1) is 16.1. The summed E-state index contributed by atoms with van der Waals surface area (Å²) in [5.41, 5.74) is 1.01. The fourth-order valence-electron chi connectivity index (χ4n) is 1.98. The molecule has 0 radical (unpaired) electrons. The fourth-order valence-corrected chi connectivity index (χ4v) is 1.98. The molecule has 0 saturated carbocycles. The molecule has 1 aromatic carbocycles. The van der Waals surface area contributed by atoms with Crippen LogP contribution in [0.3, 0.4) is 0 Å². The average molecular weight is 281 g/mol. The second-order valence-electron chi connectivity index (χ2n) is 5.10. The maximum atomic E-state index is 13.5. The number of benzene rings is 1. The van der Waals surface area contributed by atoms with Crippen molar-refractivity contribution in [2.75, 3.05) is 0 Å². The molecule has 4 nitrogen and oxygen atoms in total. The summed E-state index contributed by atoms with van der Waals surface area (Å²) in [7, 11) is 0. The summed E-state index contributed by atoms with van der Waals surface area (Å²) >= 11 is 0. The van der Waals surface area contributed by atoms with Crippen molar-refractivity contribution < 1.29 is 19.1 Å². The molecule has 110 valence electrons. The number of halogens is 1. The van der Waals surface area contributed by atoms with Crippen molar-refractivity contribution in [3.8, 4) is 0 Å². The summed E-state index contributed by atoms with van der Waals surface area (Å²) in [5, 5.41) is 11.6. The lowest BCUT2D eigenvalue weighted by Crippen LogP contribution is -2.45. The lowest BCUT2D eigenvalue weighted by Gasteiger charge is -2.20. The monoisotopic (exact) mass is 281 g/mol. The maximum Gasteiger partial charge on any atom is 0.326 e. The molecule has 0 aliphatic heterocycles. The Bertz CT molecular complexity index is 505. The molecule has 0 saturated heterocycles. The van der Waals surface area contributed by atoms with Gasteiger partial charge in [0, 0.05) is 5.56 Å². The highest BCUT2D eigenvalue weighted by molar-refractivity contribution is 5.97. The summed E-state index contributed by atoms with van der Waals surface area (Å²) in [6.07, 6.45) is 0.638. The number of carbonyl (C=O) groups is 2. The van der Waals surface area contributed by atoms with E-state index in [2.05, 4.69) is 5.32 Å². The quantitative estimate of drug-likeness (QED) is 0.872. The molecular weight excluding hydrogens is 261 g/mol. The standard InChI is InChI=1S/C15H20FNO3/c1-5-8(2)13(15(19)20)17-14(18)11-6-9(3)12(16)10(4)7-11/h6-8,13H,5H2,1-4H3,(H,17,18)(H,19,20)/t8-,13-/m0/s1. The third-order valence-corrected chi connectivity index (χ3v) is 3.46. The smallest absolute Gasteiger partial charge is 0.326 e. The van der Waals surface area contributed by atoms with Gasteiger partial charge in [0.05, 0.1) is 0 Å². The van der Waals surface area contributed by atoms with Crippen LogP contribution in [0.15, 0.2) is 12.1 Å². The first-order valence-electron chi connectivity index (χ1n) is 6.58. The predicted octanol–water partition coefficient (Wildman–Crippen LogP) is 2.67. The number of carboxylic acid groups (broad SMARTS) is 1. The van der Waals surface area contributed by atoms with E-state index in [9.17, 15) is 14.0 Å². The molecule has 2 atom stereocenters. The van der Waals surface area contributed by atoms with Crippen LogP contribution < -0.4 is 5.32 Å². The zero-order valence-electron chi connectivity index (χ0n) is 12.2. The van der Waals surface area contributed by atoms with Crippen LogP contribution in [0.25, 0.3) is 0 Å². The Morgan fingerprint density at radius 3 is 2.20 bits per heavy atom. The van der Waals surface area contributed by atoms with E-state index in [1.807, 2.05) is 6.92 Å². The van der Waals surface area contributed by atoms with Gasteiger partial charge in [-0.25, -0.2) is 9.18 Å². The molecule has 1 aromatic rings. The van der Waals surface area contributed by atoms with Crippen LogP contribution in [0.4, 0.5) is 4.39 Å². The van der Waals surface area contributed by atoms with Crippen LogP contribution in [0.2, 0.25) is 0 Å². The normalized spacial score (nSPS) is 13.7. The van der Waals surface area contributed by atoms with Gasteiger partial charge in [0.1, 0.15) is 11.9 Å². The van der Waals surface area contributed by atoms with Gasteiger partial charge >= 0.3 is 5.97 Å². The summed E-state index contributed by atoms with van der Waals surface area (Å²) in [5.74, 6) is -2.09. The second-order valence-corrected chi connectivity index (χ2v) is 5.10. The minimum Gasteiger partial charge on any atom is -0.480 e. The second kappa shape index (κ2) is 6.50. The van der Waals surface area contributed by atoms with Crippen LogP contribution in [-0.2, 0) is 4.79 Å². The first-order chi connectivity index (χ1) is 9.27. The molecule has 0 aliphatic rings. The first-order valence-corrected chi connectivity index (χ1v) is 6.58. The third kappa shape index (κ3) is 3.56. The van der Waals surface area contributed by atoms with E-state index in [0.717, 1.165) is 0 Å². The topological polar surface area (TPSA) is 66.4 Å². The number of carbonyl (C=O) groups excluding carboxylic acids is 1. The Morgan fingerprint density at radius 1 is 1.30 bits per heavy atom. The maximum absolute atomic E-state index is 13.5. The van der Waals surface area contributed by atoms with Crippen LogP contribution in [-0.4, -0.2) is 23.0 Å². The summed E-state index contributed by atoms with van der Waals surface area (Å²) in [6, 6.07) is 1.90. The molecule has 0 unspecified atom stereocenters. The number of rotatable bonds is 5. The zero-order valence-corrected chi connectivity index (χ0v) is 12.2. The number of carboxylic acids is 1. The average Bonchev–Trinajstić information content (AvgIpc) is 2.39. The van der Waals surface area contributed by atoms with E-state index < -0.39 is 17.9 Å². The Labute approximate surface area is 118 Å². The van der Waals surface area contributed by atoms with Crippen molar-refractivity contribution in [3.63, 3.8) is 0 Å². The van der Waals surface area contributed by atoms with Gasteiger partial charge in [-0.15, -0.1) is 0 Å². The zero-order chi connectivity index (χ0) is 15.4.